The highest BCUT2D eigenvalue weighted by molar-refractivity contribution is 5.71. The van der Waals surface area contributed by atoms with E-state index in [1.54, 1.807) is 12.1 Å². The van der Waals surface area contributed by atoms with Crippen molar-refractivity contribution in [1.29, 1.82) is 5.26 Å². The number of aliphatic carboxylic acids is 2. The highest BCUT2D eigenvalue weighted by Crippen LogP contribution is 2.37. The van der Waals surface area contributed by atoms with E-state index >= 15 is 0 Å². The summed E-state index contributed by atoms with van der Waals surface area (Å²) >= 11 is 0. The first-order valence-electron chi connectivity index (χ1n) is 22.3. The Labute approximate surface area is 384 Å². The Morgan fingerprint density at radius 2 is 0.985 bits per heavy atom. The summed E-state index contributed by atoms with van der Waals surface area (Å²) in [6.07, 6.45) is 5.88. The summed E-state index contributed by atoms with van der Waals surface area (Å²) in [6.45, 7) is 13.8. The van der Waals surface area contributed by atoms with Crippen LogP contribution in [0, 0.1) is 45.9 Å². The molecule has 338 valence electrons. The number of carboxylic acid groups (broad SMARTS) is 2. The smallest absolute Gasteiger partial charge is 0.341 e. The van der Waals surface area contributed by atoms with E-state index in [1.807, 2.05) is 68.4 Å². The van der Waals surface area contributed by atoms with Gasteiger partial charge in [0.05, 0.1) is 11.6 Å². The fourth-order valence-corrected chi connectivity index (χ4v) is 7.74. The van der Waals surface area contributed by atoms with E-state index in [9.17, 15) is 9.59 Å². The van der Waals surface area contributed by atoms with Crippen LogP contribution in [0.1, 0.15) is 109 Å². The van der Waals surface area contributed by atoms with Gasteiger partial charge >= 0.3 is 11.9 Å². The van der Waals surface area contributed by atoms with E-state index < -0.39 is 11.9 Å². The molecule has 0 aliphatic heterocycles. The molecule has 0 amide bonds. The van der Waals surface area contributed by atoms with Gasteiger partial charge in [-0.2, -0.15) is 5.26 Å². The average molecular weight is 876 g/mol. The lowest BCUT2D eigenvalue weighted by molar-refractivity contribution is -0.140. The van der Waals surface area contributed by atoms with E-state index in [-0.39, 0.29) is 25.4 Å². The van der Waals surface area contributed by atoms with Crippen LogP contribution in [-0.2, 0) is 9.59 Å². The van der Waals surface area contributed by atoms with Crippen molar-refractivity contribution < 1.29 is 38.7 Å². The second-order valence-electron chi connectivity index (χ2n) is 16.3. The van der Waals surface area contributed by atoms with E-state index in [1.165, 1.54) is 27.8 Å². The van der Waals surface area contributed by atoms with Gasteiger partial charge < -0.3 is 29.2 Å². The Morgan fingerprint density at radius 1 is 0.569 bits per heavy atom. The van der Waals surface area contributed by atoms with Crippen molar-refractivity contribution in [2.45, 2.75) is 99.2 Å². The third-order valence-corrected chi connectivity index (χ3v) is 11.3. The molecule has 0 heterocycles. The molecule has 9 heteroatoms. The summed E-state index contributed by atoms with van der Waals surface area (Å²) in [5.74, 6) is 0.572. The van der Waals surface area contributed by atoms with Gasteiger partial charge in [0, 0.05) is 0 Å². The number of aryl methyl sites for hydroxylation is 3. The molecule has 6 aromatic rings. The molecule has 2 N–H and O–H groups in total. The van der Waals surface area contributed by atoms with Crippen molar-refractivity contribution in [2.75, 3.05) is 13.2 Å². The van der Waals surface area contributed by atoms with E-state index in [0.29, 0.717) is 17.1 Å². The van der Waals surface area contributed by atoms with Gasteiger partial charge in [-0.15, -0.1) is 0 Å². The Bertz CT molecular complexity index is 2560. The molecule has 0 bridgehead atoms. The summed E-state index contributed by atoms with van der Waals surface area (Å²) in [5.41, 5.74) is 12.9. The van der Waals surface area contributed by atoms with Crippen LogP contribution in [0.2, 0.25) is 0 Å². The zero-order valence-electron chi connectivity index (χ0n) is 38.6. The molecule has 0 fully saturated rings. The maximum Gasteiger partial charge on any atom is 0.341 e. The molecule has 6 aromatic carbocycles. The average Bonchev–Trinajstić information content (AvgIpc) is 3.29. The number of hydrogen-bond donors (Lipinski definition) is 2. The summed E-state index contributed by atoms with van der Waals surface area (Å²) in [5, 5.41) is 26.8. The van der Waals surface area contributed by atoms with Crippen LogP contribution < -0.4 is 18.9 Å². The zero-order chi connectivity index (χ0) is 46.9. The lowest BCUT2D eigenvalue weighted by Crippen LogP contribution is -2.11. The molecular formula is C56H61NO8. The van der Waals surface area contributed by atoms with Gasteiger partial charge in [-0.05, 0) is 164 Å². The monoisotopic (exact) mass is 875 g/mol. The van der Waals surface area contributed by atoms with Crippen LogP contribution in [0.25, 0.3) is 22.3 Å². The normalized spacial score (nSPS) is 11.6. The van der Waals surface area contributed by atoms with Crippen molar-refractivity contribution in [3.63, 3.8) is 0 Å². The molecule has 0 saturated carbocycles. The number of unbranched alkanes of at least 4 members (excludes halogenated alkanes) is 2. The first-order chi connectivity index (χ1) is 31.3. The second-order valence-corrected chi connectivity index (χ2v) is 16.3. The Morgan fingerprint density at radius 3 is 1.35 bits per heavy atom. The molecule has 9 nitrogen and oxygen atoms in total. The molecule has 2 atom stereocenters. The van der Waals surface area contributed by atoms with Gasteiger partial charge in [0.25, 0.3) is 0 Å². The van der Waals surface area contributed by atoms with Crippen LogP contribution in [-0.4, -0.2) is 35.4 Å². The maximum absolute atomic E-state index is 10.8. The second kappa shape index (κ2) is 24.1. The number of carboxylic acids is 2. The SMILES string of the molecule is CCCCC(Oc1ccc(OCC(=O)O)c(C)c1)c1cccc(-c2ccc(C#N)cc2)c1C.CCCCC(Oc1ccc(OCC(=O)O)c(C)c1)c1cccc(-c2ccc(C)cc2)c1C. The minimum atomic E-state index is -1.01. The highest BCUT2D eigenvalue weighted by Gasteiger charge is 2.20. The lowest BCUT2D eigenvalue weighted by Gasteiger charge is -2.23. The minimum Gasteiger partial charge on any atom is -0.486 e. The first kappa shape index (κ1) is 49.0. The Kier molecular flexibility index (Phi) is 18.2. The van der Waals surface area contributed by atoms with Crippen LogP contribution in [0.5, 0.6) is 23.0 Å². The predicted molar refractivity (Wildman–Crippen MR) is 257 cm³/mol. The summed E-state index contributed by atoms with van der Waals surface area (Å²) in [7, 11) is 0. The van der Waals surface area contributed by atoms with Crippen LogP contribution >= 0.6 is 0 Å². The summed E-state index contributed by atoms with van der Waals surface area (Å²) in [4.78, 5) is 21.6. The molecule has 0 aromatic heterocycles. The molecule has 2 unspecified atom stereocenters. The molecule has 0 saturated heterocycles. The lowest BCUT2D eigenvalue weighted by atomic mass is 9.92. The first-order valence-corrected chi connectivity index (χ1v) is 22.3. The number of carbonyl (C=O) groups is 2. The predicted octanol–water partition coefficient (Wildman–Crippen LogP) is 13.7. The zero-order valence-corrected chi connectivity index (χ0v) is 38.6. The third-order valence-electron chi connectivity index (χ3n) is 11.3. The quantitative estimate of drug-likeness (QED) is 0.0768. The molecule has 0 radical (unpaired) electrons. The van der Waals surface area contributed by atoms with Gasteiger partial charge in [-0.25, -0.2) is 9.59 Å². The largest absolute Gasteiger partial charge is 0.486 e. The van der Waals surface area contributed by atoms with E-state index in [0.717, 1.165) is 83.4 Å². The van der Waals surface area contributed by atoms with Crippen molar-refractivity contribution in [3.05, 3.63) is 166 Å². The number of rotatable bonds is 20. The standard InChI is InChI=1S/C28H29NO4.C28H32O4/c1-4-5-9-27(33-23-14-15-26(19(2)16-23)32-18-28(30)31)25-8-6-7-24(20(25)3)22-12-10-21(17-29)11-13-22;1-5-6-10-27(32-23-15-16-26(20(3)17-23)31-18-28(29)30)25-9-7-8-24(21(25)4)22-13-11-19(2)12-14-22/h6-8,10-16,27H,4-5,9,18H2,1-3H3,(H,30,31);7-9,11-17,27H,5-6,10,18H2,1-4H3,(H,29,30). The van der Waals surface area contributed by atoms with Gasteiger partial charge in [-0.1, -0.05) is 105 Å². The van der Waals surface area contributed by atoms with Gasteiger partial charge in [0.15, 0.2) is 13.2 Å². The molecule has 6 rings (SSSR count). The molecule has 65 heavy (non-hydrogen) atoms. The van der Waals surface area contributed by atoms with Gasteiger partial charge in [-0.3, -0.25) is 0 Å². The van der Waals surface area contributed by atoms with Crippen molar-refractivity contribution >= 4 is 11.9 Å². The van der Waals surface area contributed by atoms with Crippen LogP contribution in [0.4, 0.5) is 0 Å². The van der Waals surface area contributed by atoms with Crippen molar-refractivity contribution in [1.82, 2.24) is 0 Å². The maximum atomic E-state index is 10.8. The number of ether oxygens (including phenoxy) is 4. The van der Waals surface area contributed by atoms with Crippen molar-refractivity contribution in [2.24, 2.45) is 0 Å². The van der Waals surface area contributed by atoms with Crippen LogP contribution in [0.15, 0.2) is 121 Å². The van der Waals surface area contributed by atoms with Gasteiger partial charge in [0.2, 0.25) is 0 Å². The summed E-state index contributed by atoms with van der Waals surface area (Å²) in [6, 6.07) is 42.1. The van der Waals surface area contributed by atoms with Crippen molar-refractivity contribution in [3.8, 4) is 51.3 Å². The molecule has 0 aliphatic carbocycles. The number of nitrogens with zero attached hydrogens (tertiary/aromatic N) is 1. The number of benzene rings is 6. The molecular weight excluding hydrogens is 815 g/mol. The van der Waals surface area contributed by atoms with Gasteiger partial charge in [0.1, 0.15) is 35.2 Å². The fourth-order valence-electron chi connectivity index (χ4n) is 7.74. The fraction of sp³-hybridized carbons (Fsp3) is 0.304. The summed E-state index contributed by atoms with van der Waals surface area (Å²) < 4.78 is 23.6. The van der Waals surface area contributed by atoms with E-state index in [2.05, 4.69) is 95.3 Å². The molecule has 0 aliphatic rings. The van der Waals surface area contributed by atoms with E-state index in [4.69, 9.17) is 34.4 Å². The molecule has 0 spiro atoms. The number of hydrogen-bond acceptors (Lipinski definition) is 7. The Hall–Kier alpha value is -7.05. The topological polar surface area (TPSA) is 135 Å². The third kappa shape index (κ3) is 14.0. The number of nitriles is 1. The van der Waals surface area contributed by atoms with Crippen LogP contribution in [0.3, 0.4) is 0 Å². The highest BCUT2D eigenvalue weighted by atomic mass is 16.5. The minimum absolute atomic E-state index is 0.0643. The Balaban J connectivity index is 0.000000244.